The summed E-state index contributed by atoms with van der Waals surface area (Å²) < 4.78 is 11.4. The van der Waals surface area contributed by atoms with Gasteiger partial charge >= 0.3 is 0 Å². The Hall–Kier alpha value is -0.880. The average molecular weight is 319 g/mol. The van der Waals surface area contributed by atoms with Crippen LogP contribution in [0.4, 0.5) is 0 Å². The number of likely N-dealkylation sites (tertiary alicyclic amines) is 1. The summed E-state index contributed by atoms with van der Waals surface area (Å²) in [5.74, 6) is 1.48. The molecule has 3 fully saturated rings. The molecular formula is C18H29N3O2. The number of ether oxygens (including phenoxy) is 1. The Morgan fingerprint density at radius 3 is 2.78 bits per heavy atom. The molecule has 5 nitrogen and oxygen atoms in total. The maximum Gasteiger partial charge on any atom is 0.0947 e. The van der Waals surface area contributed by atoms with Gasteiger partial charge in [-0.1, -0.05) is 0 Å². The van der Waals surface area contributed by atoms with E-state index in [9.17, 15) is 0 Å². The zero-order valence-corrected chi connectivity index (χ0v) is 14.2. The van der Waals surface area contributed by atoms with Crippen molar-refractivity contribution in [2.45, 2.75) is 19.1 Å². The van der Waals surface area contributed by atoms with Crippen LogP contribution >= 0.6 is 0 Å². The number of nitrogens with zero attached hydrogens (tertiary/aromatic N) is 3. The number of furan rings is 1. The molecule has 1 aromatic heterocycles. The van der Waals surface area contributed by atoms with Gasteiger partial charge in [0.2, 0.25) is 0 Å². The van der Waals surface area contributed by atoms with Crippen LogP contribution in [0.2, 0.25) is 0 Å². The van der Waals surface area contributed by atoms with Crippen molar-refractivity contribution < 1.29 is 9.15 Å². The van der Waals surface area contributed by atoms with E-state index in [1.807, 2.05) is 6.26 Å². The van der Waals surface area contributed by atoms with Crippen LogP contribution in [0.1, 0.15) is 12.0 Å². The molecule has 23 heavy (non-hydrogen) atoms. The van der Waals surface area contributed by atoms with Gasteiger partial charge in [0.05, 0.1) is 25.2 Å². The molecule has 128 valence electrons. The first-order valence-electron chi connectivity index (χ1n) is 9.04. The van der Waals surface area contributed by atoms with Crippen LogP contribution in [-0.4, -0.2) is 80.3 Å². The van der Waals surface area contributed by atoms with E-state index in [1.165, 1.54) is 51.3 Å². The van der Waals surface area contributed by atoms with Gasteiger partial charge in [0.1, 0.15) is 0 Å². The molecule has 0 N–H and O–H groups in total. The fraction of sp³-hybridized carbons (Fsp3) is 0.778. The van der Waals surface area contributed by atoms with E-state index in [2.05, 4.69) is 27.8 Å². The number of piperazine rings is 1. The van der Waals surface area contributed by atoms with Crippen molar-refractivity contribution in [3.63, 3.8) is 0 Å². The summed E-state index contributed by atoms with van der Waals surface area (Å²) in [6.45, 7) is 10.2. The van der Waals surface area contributed by atoms with Gasteiger partial charge < -0.3 is 14.1 Å². The molecule has 5 heteroatoms. The quantitative estimate of drug-likeness (QED) is 0.837. The molecule has 4 rings (SSSR count). The first-order valence-corrected chi connectivity index (χ1v) is 9.04. The highest BCUT2D eigenvalue weighted by Crippen LogP contribution is 2.35. The fourth-order valence-corrected chi connectivity index (χ4v) is 4.36. The lowest BCUT2D eigenvalue weighted by Crippen LogP contribution is -2.49. The van der Waals surface area contributed by atoms with Crippen molar-refractivity contribution in [2.75, 3.05) is 59.5 Å². The zero-order valence-electron chi connectivity index (χ0n) is 14.2. The molecular weight excluding hydrogens is 290 g/mol. The molecule has 0 spiro atoms. The summed E-state index contributed by atoms with van der Waals surface area (Å²) in [6.07, 6.45) is 5.35. The van der Waals surface area contributed by atoms with Gasteiger partial charge in [-0.3, -0.25) is 9.80 Å². The summed E-state index contributed by atoms with van der Waals surface area (Å²) in [6, 6.07) is 2.08. The van der Waals surface area contributed by atoms with Crippen molar-refractivity contribution in [2.24, 2.45) is 11.8 Å². The summed E-state index contributed by atoms with van der Waals surface area (Å²) >= 11 is 0. The molecule has 3 aliphatic heterocycles. The van der Waals surface area contributed by atoms with Gasteiger partial charge in [0.25, 0.3) is 0 Å². The molecule has 3 saturated heterocycles. The Morgan fingerprint density at radius 2 is 2.00 bits per heavy atom. The second-order valence-corrected chi connectivity index (χ2v) is 7.55. The summed E-state index contributed by atoms with van der Waals surface area (Å²) in [4.78, 5) is 7.60. The molecule has 0 unspecified atom stereocenters. The third kappa shape index (κ3) is 3.63. The largest absolute Gasteiger partial charge is 0.472 e. The van der Waals surface area contributed by atoms with Crippen molar-refractivity contribution in [1.29, 1.82) is 0 Å². The molecule has 3 aliphatic rings. The molecule has 0 aromatic carbocycles. The monoisotopic (exact) mass is 319 g/mol. The second-order valence-electron chi connectivity index (χ2n) is 7.55. The Bertz CT molecular complexity index is 484. The van der Waals surface area contributed by atoms with Gasteiger partial charge in [0.15, 0.2) is 0 Å². The molecule has 3 atom stereocenters. The molecule has 1 aromatic rings. The standard InChI is InChI=1S/C18H29N3O2/c1-19-5-7-20(8-6-19)12-18-17-11-21(4-2-16(17)14-23-18)10-15-3-9-22-13-15/h3,9,13,16-18H,2,4-8,10-12,14H2,1H3/t16-,17-,18+/m0/s1. The highest BCUT2D eigenvalue weighted by molar-refractivity contribution is 5.05. The van der Waals surface area contributed by atoms with Gasteiger partial charge in [-0.05, 0) is 32.0 Å². The van der Waals surface area contributed by atoms with Crippen LogP contribution in [0.5, 0.6) is 0 Å². The number of piperidine rings is 1. The first-order chi connectivity index (χ1) is 11.3. The van der Waals surface area contributed by atoms with Crippen LogP contribution in [0, 0.1) is 11.8 Å². The molecule has 0 amide bonds. The molecule has 0 saturated carbocycles. The van der Waals surface area contributed by atoms with E-state index >= 15 is 0 Å². The summed E-state index contributed by atoms with van der Waals surface area (Å²) in [5.41, 5.74) is 1.29. The first kappa shape index (κ1) is 15.6. The van der Waals surface area contributed by atoms with E-state index in [4.69, 9.17) is 9.15 Å². The van der Waals surface area contributed by atoms with Crippen molar-refractivity contribution in [3.8, 4) is 0 Å². The summed E-state index contributed by atoms with van der Waals surface area (Å²) in [5, 5.41) is 0. The minimum atomic E-state index is 0.426. The Balaban J connectivity index is 1.33. The lowest BCUT2D eigenvalue weighted by atomic mass is 9.84. The Labute approximate surface area is 139 Å². The van der Waals surface area contributed by atoms with Crippen LogP contribution < -0.4 is 0 Å². The smallest absolute Gasteiger partial charge is 0.0947 e. The lowest BCUT2D eigenvalue weighted by Gasteiger charge is -2.38. The van der Waals surface area contributed by atoms with Gasteiger partial charge in [0, 0.05) is 57.3 Å². The van der Waals surface area contributed by atoms with Gasteiger partial charge in [-0.25, -0.2) is 0 Å². The minimum absolute atomic E-state index is 0.426. The second kappa shape index (κ2) is 6.93. The van der Waals surface area contributed by atoms with E-state index in [0.717, 1.165) is 25.6 Å². The van der Waals surface area contributed by atoms with Crippen molar-refractivity contribution >= 4 is 0 Å². The molecule has 0 aliphatic carbocycles. The molecule has 4 heterocycles. The van der Waals surface area contributed by atoms with E-state index < -0.39 is 0 Å². The van der Waals surface area contributed by atoms with E-state index in [0.29, 0.717) is 12.0 Å². The predicted molar refractivity (Wildman–Crippen MR) is 89.3 cm³/mol. The third-order valence-corrected chi connectivity index (χ3v) is 5.91. The van der Waals surface area contributed by atoms with Gasteiger partial charge in [-0.2, -0.15) is 0 Å². The van der Waals surface area contributed by atoms with Crippen LogP contribution in [0.25, 0.3) is 0 Å². The van der Waals surface area contributed by atoms with Crippen LogP contribution in [-0.2, 0) is 11.3 Å². The number of hydrogen-bond donors (Lipinski definition) is 0. The lowest BCUT2D eigenvalue weighted by molar-refractivity contribution is 0.0296. The molecule has 0 bridgehead atoms. The van der Waals surface area contributed by atoms with Crippen molar-refractivity contribution in [1.82, 2.24) is 14.7 Å². The normalized spacial score (nSPS) is 33.9. The maximum atomic E-state index is 6.21. The maximum absolute atomic E-state index is 6.21. The van der Waals surface area contributed by atoms with E-state index in [1.54, 1.807) is 6.26 Å². The van der Waals surface area contributed by atoms with Gasteiger partial charge in [-0.15, -0.1) is 0 Å². The fourth-order valence-electron chi connectivity index (χ4n) is 4.36. The average Bonchev–Trinajstić information content (AvgIpc) is 3.20. The molecule has 0 radical (unpaired) electrons. The van der Waals surface area contributed by atoms with Crippen LogP contribution in [0.15, 0.2) is 23.0 Å². The number of rotatable bonds is 4. The predicted octanol–water partition coefficient (Wildman–Crippen LogP) is 1.36. The highest BCUT2D eigenvalue weighted by atomic mass is 16.5. The Kier molecular flexibility index (Phi) is 4.71. The summed E-state index contributed by atoms with van der Waals surface area (Å²) in [7, 11) is 2.22. The van der Waals surface area contributed by atoms with Crippen LogP contribution in [0.3, 0.4) is 0 Å². The number of fused-ring (bicyclic) bond motifs is 1. The number of hydrogen-bond acceptors (Lipinski definition) is 5. The highest BCUT2D eigenvalue weighted by Gasteiger charge is 2.41. The Morgan fingerprint density at radius 1 is 1.13 bits per heavy atom. The van der Waals surface area contributed by atoms with E-state index in [-0.39, 0.29) is 0 Å². The number of likely N-dealkylation sites (N-methyl/N-ethyl adjacent to an activating group) is 1. The zero-order chi connectivity index (χ0) is 15.6. The topological polar surface area (TPSA) is 32.1 Å². The minimum Gasteiger partial charge on any atom is -0.472 e. The van der Waals surface area contributed by atoms with Crippen molar-refractivity contribution in [3.05, 3.63) is 24.2 Å². The third-order valence-electron chi connectivity index (χ3n) is 5.91. The SMILES string of the molecule is CN1CCN(C[C@H]2OC[C@@H]3CCN(Cc4ccoc4)C[C@@H]32)CC1.